The summed E-state index contributed by atoms with van der Waals surface area (Å²) in [5.74, 6) is 0.299. The van der Waals surface area contributed by atoms with E-state index in [0.29, 0.717) is 12.3 Å². The van der Waals surface area contributed by atoms with Gasteiger partial charge in [-0.2, -0.15) is 0 Å². The highest BCUT2D eigenvalue weighted by atomic mass is 16.3. The second-order valence-corrected chi connectivity index (χ2v) is 5.09. The number of benzene rings is 1. The summed E-state index contributed by atoms with van der Waals surface area (Å²) in [5, 5.41) is 21.1. The minimum absolute atomic E-state index is 0.299. The van der Waals surface area contributed by atoms with E-state index in [4.69, 9.17) is 0 Å². The van der Waals surface area contributed by atoms with Crippen molar-refractivity contribution >= 4 is 10.9 Å². The maximum absolute atomic E-state index is 10.1. The van der Waals surface area contributed by atoms with Gasteiger partial charge in [0.25, 0.3) is 0 Å². The molecule has 1 saturated carbocycles. The standard InChI is InChI=1S/C15H17NO2/c17-14(15(18)10-5-6-10)9-11-7-8-16-13-4-2-1-3-12(11)13/h1-4,7-8,10,14-15,17-18H,5-6,9H2. The highest BCUT2D eigenvalue weighted by Gasteiger charge is 2.34. The molecule has 3 rings (SSSR count). The Bertz CT molecular complexity index is 546. The van der Waals surface area contributed by atoms with Crippen LogP contribution in [0.2, 0.25) is 0 Å². The lowest BCUT2D eigenvalue weighted by molar-refractivity contribution is 0.00690. The molecule has 0 saturated heterocycles. The van der Waals surface area contributed by atoms with Crippen molar-refractivity contribution in [2.24, 2.45) is 5.92 Å². The number of aliphatic hydroxyl groups excluding tert-OH is 2. The number of hydrogen-bond acceptors (Lipinski definition) is 3. The van der Waals surface area contributed by atoms with E-state index in [-0.39, 0.29) is 0 Å². The summed E-state index contributed by atoms with van der Waals surface area (Å²) in [6.45, 7) is 0. The third-order valence-electron chi connectivity index (χ3n) is 3.67. The van der Waals surface area contributed by atoms with Crippen molar-refractivity contribution in [3.63, 3.8) is 0 Å². The van der Waals surface area contributed by atoms with Crippen molar-refractivity contribution in [2.75, 3.05) is 0 Å². The van der Waals surface area contributed by atoms with Crippen LogP contribution < -0.4 is 0 Å². The number of nitrogens with zero attached hydrogens (tertiary/aromatic N) is 1. The van der Waals surface area contributed by atoms with E-state index in [1.807, 2.05) is 30.3 Å². The monoisotopic (exact) mass is 243 g/mol. The van der Waals surface area contributed by atoms with Gasteiger partial charge < -0.3 is 10.2 Å². The van der Waals surface area contributed by atoms with Gasteiger partial charge in [-0.1, -0.05) is 18.2 Å². The first kappa shape index (κ1) is 11.6. The van der Waals surface area contributed by atoms with Crippen LogP contribution in [0, 0.1) is 5.92 Å². The van der Waals surface area contributed by atoms with Crippen LogP contribution in [0.4, 0.5) is 0 Å². The first-order valence-electron chi connectivity index (χ1n) is 6.44. The molecule has 2 N–H and O–H groups in total. The molecule has 1 aromatic carbocycles. The molecule has 0 radical (unpaired) electrons. The molecule has 94 valence electrons. The molecule has 2 atom stereocenters. The Kier molecular flexibility index (Phi) is 3.02. The number of rotatable bonds is 4. The van der Waals surface area contributed by atoms with Gasteiger partial charge in [-0.25, -0.2) is 0 Å². The zero-order chi connectivity index (χ0) is 12.5. The maximum Gasteiger partial charge on any atom is 0.0842 e. The Morgan fingerprint density at radius 3 is 2.72 bits per heavy atom. The molecule has 1 heterocycles. The fraction of sp³-hybridized carbons (Fsp3) is 0.400. The van der Waals surface area contributed by atoms with E-state index in [2.05, 4.69) is 4.98 Å². The zero-order valence-electron chi connectivity index (χ0n) is 10.2. The number of aliphatic hydroxyl groups is 2. The summed E-state index contributed by atoms with van der Waals surface area (Å²) in [7, 11) is 0. The molecular weight excluding hydrogens is 226 g/mol. The van der Waals surface area contributed by atoms with Gasteiger partial charge in [-0.05, 0) is 36.5 Å². The minimum Gasteiger partial charge on any atom is -0.390 e. The second kappa shape index (κ2) is 4.67. The van der Waals surface area contributed by atoms with Gasteiger partial charge in [0.2, 0.25) is 0 Å². The molecule has 0 aliphatic heterocycles. The van der Waals surface area contributed by atoms with Crippen LogP contribution in [-0.4, -0.2) is 27.4 Å². The number of fused-ring (bicyclic) bond motifs is 1. The average Bonchev–Trinajstić information content (AvgIpc) is 3.22. The lowest BCUT2D eigenvalue weighted by atomic mass is 9.98. The van der Waals surface area contributed by atoms with Crippen molar-refractivity contribution < 1.29 is 10.2 Å². The van der Waals surface area contributed by atoms with Gasteiger partial charge in [0.05, 0.1) is 17.7 Å². The van der Waals surface area contributed by atoms with Gasteiger partial charge in [0, 0.05) is 18.0 Å². The van der Waals surface area contributed by atoms with E-state index in [1.54, 1.807) is 6.20 Å². The van der Waals surface area contributed by atoms with E-state index >= 15 is 0 Å². The van der Waals surface area contributed by atoms with Crippen molar-refractivity contribution in [3.8, 4) is 0 Å². The lowest BCUT2D eigenvalue weighted by Gasteiger charge is -2.18. The van der Waals surface area contributed by atoms with Crippen molar-refractivity contribution in [1.82, 2.24) is 4.98 Å². The van der Waals surface area contributed by atoms with E-state index in [9.17, 15) is 10.2 Å². The van der Waals surface area contributed by atoms with Crippen LogP contribution in [0.5, 0.6) is 0 Å². The Morgan fingerprint density at radius 2 is 1.94 bits per heavy atom. The van der Waals surface area contributed by atoms with Crippen molar-refractivity contribution in [1.29, 1.82) is 0 Å². The number of aromatic nitrogens is 1. The van der Waals surface area contributed by atoms with Crippen molar-refractivity contribution in [2.45, 2.75) is 31.5 Å². The molecule has 1 aliphatic carbocycles. The maximum atomic E-state index is 10.1. The molecule has 18 heavy (non-hydrogen) atoms. The van der Waals surface area contributed by atoms with Gasteiger partial charge in [-0.15, -0.1) is 0 Å². The summed E-state index contributed by atoms with van der Waals surface area (Å²) < 4.78 is 0. The predicted octanol–water partition coefficient (Wildman–Crippen LogP) is 1.91. The van der Waals surface area contributed by atoms with Crippen LogP contribution in [-0.2, 0) is 6.42 Å². The quantitative estimate of drug-likeness (QED) is 0.862. The van der Waals surface area contributed by atoms with Crippen LogP contribution in [0.25, 0.3) is 10.9 Å². The Labute approximate surface area is 106 Å². The molecule has 3 heteroatoms. The third kappa shape index (κ3) is 2.24. The first-order valence-corrected chi connectivity index (χ1v) is 6.44. The van der Waals surface area contributed by atoms with Crippen LogP contribution in [0.3, 0.4) is 0 Å². The third-order valence-corrected chi connectivity index (χ3v) is 3.67. The number of para-hydroxylation sites is 1. The van der Waals surface area contributed by atoms with Crippen LogP contribution in [0.1, 0.15) is 18.4 Å². The fourth-order valence-corrected chi connectivity index (χ4v) is 2.43. The highest BCUT2D eigenvalue weighted by molar-refractivity contribution is 5.81. The molecule has 1 fully saturated rings. The van der Waals surface area contributed by atoms with E-state index in [1.165, 1.54) is 0 Å². The molecule has 0 bridgehead atoms. The molecule has 0 amide bonds. The van der Waals surface area contributed by atoms with Crippen LogP contribution in [0.15, 0.2) is 36.5 Å². The SMILES string of the molecule is OC(Cc1ccnc2ccccc12)C(O)C1CC1. The summed E-state index contributed by atoms with van der Waals surface area (Å²) in [5.41, 5.74) is 1.98. The van der Waals surface area contributed by atoms with Gasteiger partial charge in [0.1, 0.15) is 0 Å². The zero-order valence-corrected chi connectivity index (χ0v) is 10.2. The Morgan fingerprint density at radius 1 is 1.17 bits per heavy atom. The summed E-state index contributed by atoms with van der Waals surface area (Å²) >= 11 is 0. The minimum atomic E-state index is -0.677. The normalized spacial score (nSPS) is 18.8. The molecule has 3 nitrogen and oxygen atoms in total. The molecule has 1 aromatic heterocycles. The largest absolute Gasteiger partial charge is 0.390 e. The Balaban J connectivity index is 1.85. The molecular formula is C15H17NO2. The van der Waals surface area contributed by atoms with Gasteiger partial charge in [-0.3, -0.25) is 4.98 Å². The number of pyridine rings is 1. The topological polar surface area (TPSA) is 53.4 Å². The predicted molar refractivity (Wildman–Crippen MR) is 70.2 cm³/mol. The highest BCUT2D eigenvalue weighted by Crippen LogP contribution is 2.34. The Hall–Kier alpha value is -1.45. The lowest BCUT2D eigenvalue weighted by Crippen LogP contribution is -2.29. The smallest absolute Gasteiger partial charge is 0.0842 e. The fourth-order valence-electron chi connectivity index (χ4n) is 2.43. The van der Waals surface area contributed by atoms with Crippen LogP contribution >= 0.6 is 0 Å². The summed E-state index contributed by atoms with van der Waals surface area (Å²) in [4.78, 5) is 4.30. The number of hydrogen-bond donors (Lipinski definition) is 2. The molecule has 2 aromatic rings. The van der Waals surface area contributed by atoms with E-state index < -0.39 is 12.2 Å². The average molecular weight is 243 g/mol. The molecule has 2 unspecified atom stereocenters. The van der Waals surface area contributed by atoms with Gasteiger partial charge in [0.15, 0.2) is 0 Å². The molecule has 0 spiro atoms. The van der Waals surface area contributed by atoms with Crippen molar-refractivity contribution in [3.05, 3.63) is 42.1 Å². The second-order valence-electron chi connectivity index (χ2n) is 5.09. The first-order chi connectivity index (χ1) is 8.75. The van der Waals surface area contributed by atoms with Gasteiger partial charge >= 0.3 is 0 Å². The summed E-state index contributed by atoms with van der Waals surface area (Å²) in [6, 6.07) is 9.81. The summed E-state index contributed by atoms with van der Waals surface area (Å²) in [6.07, 6.45) is 3.06. The van der Waals surface area contributed by atoms with E-state index in [0.717, 1.165) is 29.3 Å². The molecule has 1 aliphatic rings.